The van der Waals surface area contributed by atoms with Gasteiger partial charge in [-0.3, -0.25) is 0 Å². The Hall–Kier alpha value is -2.26. The van der Waals surface area contributed by atoms with Crippen molar-refractivity contribution in [1.82, 2.24) is 4.90 Å². The Labute approximate surface area is 120 Å². The lowest BCUT2D eigenvalue weighted by Gasteiger charge is -2.21. The third kappa shape index (κ3) is 2.83. The van der Waals surface area contributed by atoms with E-state index in [1.54, 1.807) is 6.07 Å². The van der Waals surface area contributed by atoms with Gasteiger partial charge in [0.15, 0.2) is 0 Å². The number of carbonyl (C=O) groups excluding carboxylic acids is 1. The summed E-state index contributed by atoms with van der Waals surface area (Å²) >= 11 is 5.87. The van der Waals surface area contributed by atoms with E-state index in [1.807, 2.05) is 6.07 Å². The van der Waals surface area contributed by atoms with Crippen LogP contribution in [0.1, 0.15) is 18.4 Å². The number of halogens is 1. The molecule has 1 aromatic carbocycles. The van der Waals surface area contributed by atoms with Gasteiger partial charge in [0.1, 0.15) is 12.1 Å². The van der Waals surface area contributed by atoms with Gasteiger partial charge in [-0.15, -0.1) is 0 Å². The molecule has 1 aliphatic heterocycles. The highest BCUT2D eigenvalue weighted by atomic mass is 35.5. The van der Waals surface area contributed by atoms with E-state index in [9.17, 15) is 9.59 Å². The molecular formula is C13H12ClN3O3. The van der Waals surface area contributed by atoms with Gasteiger partial charge in [0.25, 0.3) is 0 Å². The highest BCUT2D eigenvalue weighted by Crippen LogP contribution is 2.22. The number of amides is 2. The normalized spacial score (nSPS) is 17.6. The van der Waals surface area contributed by atoms with E-state index < -0.39 is 18.0 Å². The average molecular weight is 294 g/mol. The fraction of sp³-hybridized carbons (Fsp3) is 0.308. The van der Waals surface area contributed by atoms with Crippen molar-refractivity contribution < 1.29 is 14.7 Å². The number of hydrogen-bond acceptors (Lipinski definition) is 3. The second-order valence-electron chi connectivity index (χ2n) is 4.43. The molecular weight excluding hydrogens is 282 g/mol. The molecule has 2 amide bonds. The predicted octanol–water partition coefficient (Wildman–Crippen LogP) is 2.29. The fourth-order valence-corrected chi connectivity index (χ4v) is 2.37. The Bertz CT molecular complexity index is 597. The second kappa shape index (κ2) is 5.80. The fourth-order valence-electron chi connectivity index (χ4n) is 2.15. The molecule has 2 rings (SSSR count). The van der Waals surface area contributed by atoms with Crippen LogP contribution in [0.2, 0.25) is 5.02 Å². The Morgan fingerprint density at radius 3 is 2.85 bits per heavy atom. The molecule has 104 valence electrons. The number of nitriles is 1. The van der Waals surface area contributed by atoms with Gasteiger partial charge >= 0.3 is 12.0 Å². The standard InChI is InChI=1S/C13H12ClN3O3/c14-10-6-9(4-3-8(10)7-15)16-13(20)17-5-1-2-11(17)12(18)19/h3-4,6,11H,1-2,5H2,(H,16,20)(H,18,19)/t11-/m1/s1. The first kappa shape index (κ1) is 14.2. The number of hydrogen-bond donors (Lipinski definition) is 2. The van der Waals surface area contributed by atoms with Gasteiger partial charge in [0, 0.05) is 12.2 Å². The lowest BCUT2D eigenvalue weighted by atomic mass is 10.2. The van der Waals surface area contributed by atoms with Crippen molar-refractivity contribution in [1.29, 1.82) is 5.26 Å². The van der Waals surface area contributed by atoms with Crippen LogP contribution >= 0.6 is 11.6 Å². The topological polar surface area (TPSA) is 93.4 Å². The lowest BCUT2D eigenvalue weighted by molar-refractivity contribution is -0.141. The van der Waals surface area contributed by atoms with Crippen molar-refractivity contribution >= 4 is 29.3 Å². The number of rotatable bonds is 2. The molecule has 1 saturated heterocycles. The van der Waals surface area contributed by atoms with E-state index in [-0.39, 0.29) is 5.02 Å². The zero-order valence-electron chi connectivity index (χ0n) is 10.5. The monoisotopic (exact) mass is 293 g/mol. The molecule has 2 N–H and O–H groups in total. The lowest BCUT2D eigenvalue weighted by Crippen LogP contribution is -2.42. The smallest absolute Gasteiger partial charge is 0.326 e. The van der Waals surface area contributed by atoms with Gasteiger partial charge in [0.2, 0.25) is 0 Å². The largest absolute Gasteiger partial charge is 0.480 e. The van der Waals surface area contributed by atoms with Crippen LogP contribution in [0, 0.1) is 11.3 Å². The van der Waals surface area contributed by atoms with Crippen molar-refractivity contribution in [3.05, 3.63) is 28.8 Å². The van der Waals surface area contributed by atoms with Crippen LogP contribution in [-0.2, 0) is 4.79 Å². The number of aliphatic carboxylic acids is 1. The molecule has 6 nitrogen and oxygen atoms in total. The van der Waals surface area contributed by atoms with Gasteiger partial charge in [-0.25, -0.2) is 9.59 Å². The van der Waals surface area contributed by atoms with Crippen LogP contribution in [0.3, 0.4) is 0 Å². The first-order valence-corrected chi connectivity index (χ1v) is 6.41. The molecule has 7 heteroatoms. The van der Waals surface area contributed by atoms with Crippen molar-refractivity contribution in [3.8, 4) is 6.07 Å². The van der Waals surface area contributed by atoms with E-state index in [4.69, 9.17) is 22.0 Å². The van der Waals surface area contributed by atoms with E-state index in [0.717, 1.165) is 0 Å². The number of likely N-dealkylation sites (tertiary alicyclic amines) is 1. The van der Waals surface area contributed by atoms with Crippen LogP contribution in [0.5, 0.6) is 0 Å². The molecule has 1 aliphatic rings. The Balaban J connectivity index is 2.10. The van der Waals surface area contributed by atoms with Crippen LogP contribution in [0.25, 0.3) is 0 Å². The summed E-state index contributed by atoms with van der Waals surface area (Å²) in [5.74, 6) is -1.00. The van der Waals surface area contributed by atoms with Crippen molar-refractivity contribution in [2.45, 2.75) is 18.9 Å². The SMILES string of the molecule is N#Cc1ccc(NC(=O)N2CCC[C@@H]2C(=O)O)cc1Cl. The molecule has 0 aromatic heterocycles. The van der Waals surface area contributed by atoms with Gasteiger partial charge in [-0.05, 0) is 31.0 Å². The van der Waals surface area contributed by atoms with Gasteiger partial charge < -0.3 is 15.3 Å². The molecule has 0 saturated carbocycles. The third-order valence-electron chi connectivity index (χ3n) is 3.14. The summed E-state index contributed by atoms with van der Waals surface area (Å²) in [4.78, 5) is 24.4. The number of nitrogens with zero attached hydrogens (tertiary/aromatic N) is 2. The molecule has 1 fully saturated rings. The quantitative estimate of drug-likeness (QED) is 0.875. The molecule has 0 unspecified atom stereocenters. The predicted molar refractivity (Wildman–Crippen MR) is 72.5 cm³/mol. The summed E-state index contributed by atoms with van der Waals surface area (Å²) in [6, 6.07) is 5.16. The minimum Gasteiger partial charge on any atom is -0.480 e. The number of benzene rings is 1. The van der Waals surface area contributed by atoms with E-state index in [1.165, 1.54) is 17.0 Å². The summed E-state index contributed by atoms with van der Waals surface area (Å²) < 4.78 is 0. The Kier molecular flexibility index (Phi) is 4.11. The van der Waals surface area contributed by atoms with Gasteiger partial charge in [0.05, 0.1) is 10.6 Å². The van der Waals surface area contributed by atoms with Crippen LogP contribution < -0.4 is 5.32 Å². The first-order chi connectivity index (χ1) is 9.52. The Morgan fingerprint density at radius 2 is 2.25 bits per heavy atom. The summed E-state index contributed by atoms with van der Waals surface area (Å²) in [6.45, 7) is 0.410. The number of anilines is 1. The maximum Gasteiger partial charge on any atom is 0.326 e. The summed E-state index contributed by atoms with van der Waals surface area (Å²) in [6.07, 6.45) is 1.12. The molecule has 0 spiro atoms. The van der Waals surface area contributed by atoms with E-state index in [0.29, 0.717) is 30.6 Å². The minimum atomic E-state index is -1.00. The first-order valence-electron chi connectivity index (χ1n) is 6.03. The number of nitrogens with one attached hydrogen (secondary N) is 1. The summed E-state index contributed by atoms with van der Waals surface area (Å²) in [5.41, 5.74) is 0.740. The maximum absolute atomic E-state index is 12.0. The number of carbonyl (C=O) groups is 2. The molecule has 0 bridgehead atoms. The van der Waals surface area contributed by atoms with Crippen LogP contribution in [-0.4, -0.2) is 34.6 Å². The maximum atomic E-state index is 12.0. The molecule has 0 radical (unpaired) electrons. The van der Waals surface area contributed by atoms with Crippen molar-refractivity contribution in [3.63, 3.8) is 0 Å². The third-order valence-corrected chi connectivity index (χ3v) is 3.45. The molecule has 1 atom stereocenters. The summed E-state index contributed by atoms with van der Waals surface area (Å²) in [7, 11) is 0. The molecule has 20 heavy (non-hydrogen) atoms. The van der Waals surface area contributed by atoms with Gasteiger partial charge in [-0.1, -0.05) is 11.6 Å². The molecule has 0 aliphatic carbocycles. The second-order valence-corrected chi connectivity index (χ2v) is 4.83. The van der Waals surface area contributed by atoms with Crippen molar-refractivity contribution in [2.75, 3.05) is 11.9 Å². The minimum absolute atomic E-state index is 0.238. The zero-order chi connectivity index (χ0) is 14.7. The molecule has 1 heterocycles. The van der Waals surface area contributed by atoms with Crippen LogP contribution in [0.4, 0.5) is 10.5 Å². The Morgan fingerprint density at radius 1 is 1.50 bits per heavy atom. The average Bonchev–Trinajstić information content (AvgIpc) is 2.88. The van der Waals surface area contributed by atoms with Crippen LogP contribution in [0.15, 0.2) is 18.2 Å². The van der Waals surface area contributed by atoms with E-state index >= 15 is 0 Å². The zero-order valence-corrected chi connectivity index (χ0v) is 11.2. The number of carboxylic acids is 1. The highest BCUT2D eigenvalue weighted by Gasteiger charge is 2.33. The highest BCUT2D eigenvalue weighted by molar-refractivity contribution is 6.32. The van der Waals surface area contributed by atoms with Gasteiger partial charge in [-0.2, -0.15) is 5.26 Å². The van der Waals surface area contributed by atoms with E-state index in [2.05, 4.69) is 5.32 Å². The summed E-state index contributed by atoms with van der Waals surface area (Å²) in [5, 5.41) is 20.6. The number of carboxylic acid groups (broad SMARTS) is 1. The molecule has 1 aromatic rings. The number of urea groups is 1. The van der Waals surface area contributed by atoms with Crippen molar-refractivity contribution in [2.24, 2.45) is 0 Å².